The average Bonchev–Trinajstić information content (AvgIpc) is 3.22. The number of hydrogen-bond acceptors (Lipinski definition) is 1. The molecule has 3 nitrogen and oxygen atoms in total. The number of hydrogen-bond donors (Lipinski definition) is 0. The molecule has 4 heteroatoms. The van der Waals surface area contributed by atoms with Gasteiger partial charge in [-0.15, -0.1) is 5.41 Å². The van der Waals surface area contributed by atoms with Crippen molar-refractivity contribution >= 4 is 0 Å². The standard InChI is InChI=1S/C10H13.2C6H8N.C4H9N.Mo/c1-10(2,3)9-7-5-4-6-8-9;2*1-5-3-4-6(2)7-5;1-4(2,3)5;/h4-8H,1H2,2-3H3;2*3-4H,1-2H3;1-3H3;/q3*-1;;. The van der Waals surface area contributed by atoms with Crippen molar-refractivity contribution in [3.05, 3.63) is 89.9 Å². The van der Waals surface area contributed by atoms with E-state index in [1.807, 2.05) is 70.2 Å². The summed E-state index contributed by atoms with van der Waals surface area (Å²) in [5, 5.41) is 0. The molecular formula is C26H38MoN3-3. The number of nitrogens with zero attached hydrogens (tertiary/aromatic N) is 3. The third-order valence-electron chi connectivity index (χ3n) is 3.67. The average molecular weight is 489 g/mol. The Balaban J connectivity index is 0.000000382. The predicted molar refractivity (Wildman–Crippen MR) is 125 cm³/mol. The van der Waals surface area contributed by atoms with E-state index in [9.17, 15) is 0 Å². The van der Waals surface area contributed by atoms with E-state index in [0.29, 0.717) is 0 Å². The van der Waals surface area contributed by atoms with Gasteiger partial charge in [0.05, 0.1) is 0 Å². The largest absolute Gasteiger partial charge is 0.665 e. The normalized spacial score (nSPS) is 10.5. The van der Waals surface area contributed by atoms with Crippen LogP contribution in [0.2, 0.25) is 0 Å². The van der Waals surface area contributed by atoms with Crippen LogP contribution in [0.3, 0.4) is 0 Å². The van der Waals surface area contributed by atoms with Gasteiger partial charge in [-0.2, -0.15) is 22.8 Å². The van der Waals surface area contributed by atoms with Crippen LogP contribution in [0.5, 0.6) is 0 Å². The topological polar surface area (TPSA) is 40.6 Å². The Morgan fingerprint density at radius 2 is 0.967 bits per heavy atom. The summed E-state index contributed by atoms with van der Waals surface area (Å²) in [6.45, 7) is 22.5. The molecule has 0 bridgehead atoms. The van der Waals surface area contributed by atoms with Crippen LogP contribution in [0.4, 0.5) is 0 Å². The zero-order valence-electron chi connectivity index (χ0n) is 20.2. The summed E-state index contributed by atoms with van der Waals surface area (Å²) < 4.78 is 4.03. The van der Waals surface area contributed by atoms with Gasteiger partial charge in [-0.25, -0.2) is 0 Å². The fourth-order valence-electron chi connectivity index (χ4n) is 2.08. The number of rotatable bonds is 1. The minimum atomic E-state index is 0.0429. The van der Waals surface area contributed by atoms with Crippen molar-refractivity contribution in [1.82, 2.24) is 9.97 Å². The Hall–Kier alpha value is -1.73. The molecule has 3 rings (SSSR count). The SMILES string of the molecule is CC(C)(C)[N]=[Mo].Cc1ccc(C)[n-]1.Cc1ccc(C)[n-]1.[CH2-]C(C)(C)c1ccccc1. The molecule has 0 unspecified atom stereocenters. The number of benzene rings is 1. The van der Waals surface area contributed by atoms with Crippen LogP contribution in [-0.2, 0) is 25.0 Å². The van der Waals surface area contributed by atoms with E-state index in [2.05, 4.69) is 67.1 Å². The van der Waals surface area contributed by atoms with Gasteiger partial charge in [-0.1, -0.05) is 102 Å². The molecule has 0 aliphatic heterocycles. The van der Waals surface area contributed by atoms with Crippen LogP contribution in [0.1, 0.15) is 63.0 Å². The molecule has 0 aliphatic carbocycles. The van der Waals surface area contributed by atoms with E-state index in [0.717, 1.165) is 22.8 Å². The molecular weight excluding hydrogens is 450 g/mol. The van der Waals surface area contributed by atoms with E-state index in [1.165, 1.54) is 5.56 Å². The van der Waals surface area contributed by atoms with Crippen molar-refractivity contribution in [3.63, 3.8) is 0 Å². The Morgan fingerprint density at radius 1 is 0.667 bits per heavy atom. The quantitative estimate of drug-likeness (QED) is 0.278. The van der Waals surface area contributed by atoms with Gasteiger partial charge >= 0.3 is 49.4 Å². The summed E-state index contributed by atoms with van der Waals surface area (Å²) in [5.74, 6) is 0. The molecule has 3 aromatic rings. The van der Waals surface area contributed by atoms with Gasteiger partial charge in [0.2, 0.25) is 0 Å². The van der Waals surface area contributed by atoms with E-state index >= 15 is 0 Å². The second kappa shape index (κ2) is 13.5. The Morgan fingerprint density at radius 3 is 1.10 bits per heavy atom. The second-order valence-electron chi connectivity index (χ2n) is 8.97. The maximum absolute atomic E-state index is 4.11. The summed E-state index contributed by atoms with van der Waals surface area (Å²) in [7, 11) is 0. The van der Waals surface area contributed by atoms with Crippen LogP contribution in [0, 0.1) is 34.6 Å². The van der Waals surface area contributed by atoms with E-state index in [1.54, 1.807) is 19.6 Å². The van der Waals surface area contributed by atoms with Gasteiger partial charge in [0.1, 0.15) is 0 Å². The number of aryl methyl sites for hydroxylation is 4. The molecule has 0 fully saturated rings. The molecule has 2 heterocycles. The molecule has 0 N–H and O–H groups in total. The van der Waals surface area contributed by atoms with E-state index in [-0.39, 0.29) is 11.0 Å². The van der Waals surface area contributed by atoms with Gasteiger partial charge in [0.25, 0.3) is 0 Å². The van der Waals surface area contributed by atoms with Crippen molar-refractivity contribution in [3.8, 4) is 0 Å². The summed E-state index contributed by atoms with van der Waals surface area (Å²) in [5.41, 5.74) is 5.94. The van der Waals surface area contributed by atoms with E-state index < -0.39 is 0 Å². The zero-order valence-corrected chi connectivity index (χ0v) is 22.2. The van der Waals surface area contributed by atoms with Crippen LogP contribution in [0.25, 0.3) is 0 Å². The smallest absolute Gasteiger partial charge is 0.0607 e. The Bertz CT molecular complexity index is 760. The van der Waals surface area contributed by atoms with Crippen LogP contribution in [0.15, 0.2) is 58.1 Å². The monoisotopic (exact) mass is 490 g/mol. The third kappa shape index (κ3) is 15.2. The van der Waals surface area contributed by atoms with Crippen LogP contribution < -0.4 is 9.97 Å². The fourth-order valence-corrected chi connectivity index (χ4v) is 2.08. The molecule has 0 amide bonds. The van der Waals surface area contributed by atoms with Crippen molar-refractivity contribution < 1.29 is 19.6 Å². The van der Waals surface area contributed by atoms with Gasteiger partial charge in [-0.05, 0) is 0 Å². The minimum Gasteiger partial charge on any atom is -0.665 e. The molecule has 0 atom stereocenters. The van der Waals surface area contributed by atoms with Crippen molar-refractivity contribution in [2.45, 2.75) is 73.3 Å². The molecule has 0 saturated heterocycles. The first kappa shape index (κ1) is 28.3. The van der Waals surface area contributed by atoms with Crippen molar-refractivity contribution in [1.29, 1.82) is 0 Å². The van der Waals surface area contributed by atoms with Gasteiger partial charge < -0.3 is 16.9 Å². The summed E-state index contributed by atoms with van der Waals surface area (Å²) in [6, 6.07) is 18.4. The first-order chi connectivity index (χ1) is 13.7. The third-order valence-corrected chi connectivity index (χ3v) is 5.01. The molecule has 0 saturated carbocycles. The Kier molecular flexibility index (Phi) is 12.8. The van der Waals surface area contributed by atoms with Crippen LogP contribution >= 0.6 is 0 Å². The minimum absolute atomic E-state index is 0.0429. The first-order valence-electron chi connectivity index (χ1n) is 10.1. The maximum Gasteiger partial charge on any atom is -0.0607 e. The zero-order chi connectivity index (χ0) is 23.4. The summed E-state index contributed by atoms with van der Waals surface area (Å²) in [4.78, 5) is 8.22. The van der Waals surface area contributed by atoms with E-state index in [4.69, 9.17) is 0 Å². The molecule has 0 aliphatic rings. The van der Waals surface area contributed by atoms with Gasteiger partial charge in [0.15, 0.2) is 0 Å². The molecule has 166 valence electrons. The van der Waals surface area contributed by atoms with Crippen molar-refractivity contribution in [2.75, 3.05) is 0 Å². The van der Waals surface area contributed by atoms with Gasteiger partial charge in [0, 0.05) is 0 Å². The fraction of sp³-hybridized carbons (Fsp3) is 0.423. The summed E-state index contributed by atoms with van der Waals surface area (Å²) in [6.07, 6.45) is 0. The molecule has 0 spiro atoms. The first-order valence-corrected chi connectivity index (χ1v) is 11.0. The Labute approximate surface area is 195 Å². The maximum atomic E-state index is 4.11. The molecule has 0 radical (unpaired) electrons. The van der Waals surface area contributed by atoms with Gasteiger partial charge in [-0.3, -0.25) is 0 Å². The second-order valence-corrected chi connectivity index (χ2v) is 9.42. The summed E-state index contributed by atoms with van der Waals surface area (Å²) >= 11 is 1.77. The predicted octanol–water partition coefficient (Wildman–Crippen LogP) is 6.83. The van der Waals surface area contributed by atoms with Crippen molar-refractivity contribution in [2.24, 2.45) is 3.50 Å². The molecule has 30 heavy (non-hydrogen) atoms. The number of aromatic nitrogens is 2. The molecule has 1 aromatic carbocycles. The van der Waals surface area contributed by atoms with Crippen LogP contribution in [-0.4, -0.2) is 5.54 Å². The molecule has 2 aromatic heterocycles.